The Hall–Kier alpha value is -1.18. The lowest BCUT2D eigenvalue weighted by molar-refractivity contribution is 0.280. The molecule has 5 nitrogen and oxygen atoms in total. The summed E-state index contributed by atoms with van der Waals surface area (Å²) in [5.74, 6) is -0.0368. The van der Waals surface area contributed by atoms with Crippen molar-refractivity contribution in [1.82, 2.24) is 4.31 Å². The maximum Gasteiger partial charge on any atom is 0.301 e. The number of benzene rings is 1. The molecule has 1 aliphatic heterocycles. The van der Waals surface area contributed by atoms with Crippen molar-refractivity contribution in [2.24, 2.45) is 11.7 Å². The largest absolute Gasteiger partial charge is 0.330 e. The molecular formula is C13H20FN3O2S. The quantitative estimate of drug-likeness (QED) is 0.884. The Morgan fingerprint density at radius 3 is 2.60 bits per heavy atom. The third kappa shape index (κ3) is 3.47. The zero-order valence-corrected chi connectivity index (χ0v) is 12.3. The molecule has 0 aliphatic carbocycles. The van der Waals surface area contributed by atoms with E-state index in [2.05, 4.69) is 4.72 Å². The van der Waals surface area contributed by atoms with E-state index in [-0.39, 0.29) is 5.69 Å². The number of halogens is 1. The van der Waals surface area contributed by atoms with Gasteiger partial charge in [-0.3, -0.25) is 4.72 Å². The van der Waals surface area contributed by atoms with Crippen molar-refractivity contribution in [3.05, 3.63) is 29.6 Å². The van der Waals surface area contributed by atoms with Crippen LogP contribution < -0.4 is 10.5 Å². The monoisotopic (exact) mass is 301 g/mol. The van der Waals surface area contributed by atoms with E-state index in [1.165, 1.54) is 10.4 Å². The first kappa shape index (κ1) is 15.2. The summed E-state index contributed by atoms with van der Waals surface area (Å²) in [5.41, 5.74) is 6.31. The van der Waals surface area contributed by atoms with Crippen LogP contribution in [0.15, 0.2) is 18.2 Å². The van der Waals surface area contributed by atoms with E-state index in [4.69, 9.17) is 5.73 Å². The van der Waals surface area contributed by atoms with Crippen LogP contribution in [0.5, 0.6) is 0 Å². The van der Waals surface area contributed by atoms with Gasteiger partial charge in [-0.05, 0) is 49.9 Å². The highest BCUT2D eigenvalue weighted by Gasteiger charge is 2.27. The average Bonchev–Trinajstić information content (AvgIpc) is 2.43. The molecule has 112 valence electrons. The molecule has 0 spiro atoms. The fourth-order valence-electron chi connectivity index (χ4n) is 2.26. The summed E-state index contributed by atoms with van der Waals surface area (Å²) < 4.78 is 41.6. The summed E-state index contributed by atoms with van der Waals surface area (Å²) in [5, 5.41) is 0. The molecule has 0 unspecified atom stereocenters. The van der Waals surface area contributed by atoms with Gasteiger partial charge in [0.05, 0.1) is 5.69 Å². The second kappa shape index (κ2) is 6.07. The molecule has 0 bridgehead atoms. The fraction of sp³-hybridized carbons (Fsp3) is 0.538. The molecule has 1 fully saturated rings. The average molecular weight is 301 g/mol. The molecule has 1 saturated heterocycles. The summed E-state index contributed by atoms with van der Waals surface area (Å²) in [6.45, 7) is 3.12. The van der Waals surface area contributed by atoms with Crippen LogP contribution >= 0.6 is 0 Å². The number of hydrogen-bond donors (Lipinski definition) is 2. The first-order valence-electron chi connectivity index (χ1n) is 6.66. The second-order valence-electron chi connectivity index (χ2n) is 5.15. The van der Waals surface area contributed by atoms with E-state index in [1.54, 1.807) is 19.1 Å². The zero-order valence-electron chi connectivity index (χ0n) is 11.5. The minimum atomic E-state index is -3.62. The Morgan fingerprint density at radius 1 is 1.40 bits per heavy atom. The van der Waals surface area contributed by atoms with Crippen LogP contribution in [0, 0.1) is 18.7 Å². The van der Waals surface area contributed by atoms with Gasteiger partial charge in [-0.2, -0.15) is 12.7 Å². The van der Waals surface area contributed by atoms with E-state index in [0.717, 1.165) is 12.8 Å². The number of aryl methyl sites for hydroxylation is 1. The molecule has 3 N–H and O–H groups in total. The van der Waals surface area contributed by atoms with Crippen LogP contribution in [-0.4, -0.2) is 32.4 Å². The van der Waals surface area contributed by atoms with Crippen molar-refractivity contribution in [3.8, 4) is 0 Å². The highest BCUT2D eigenvalue weighted by molar-refractivity contribution is 7.90. The van der Waals surface area contributed by atoms with Crippen LogP contribution in [0.3, 0.4) is 0 Å². The summed E-state index contributed by atoms with van der Waals surface area (Å²) in [6, 6.07) is 4.30. The second-order valence-corrected chi connectivity index (χ2v) is 6.82. The van der Waals surface area contributed by atoms with Gasteiger partial charge >= 0.3 is 10.2 Å². The first-order valence-corrected chi connectivity index (χ1v) is 8.10. The molecule has 0 saturated carbocycles. The predicted octanol–water partition coefficient (Wildman–Crippen LogP) is 1.46. The van der Waals surface area contributed by atoms with E-state index in [1.807, 2.05) is 0 Å². The van der Waals surface area contributed by atoms with Crippen molar-refractivity contribution in [2.45, 2.75) is 19.8 Å². The van der Waals surface area contributed by atoms with Crippen LogP contribution in [0.4, 0.5) is 10.1 Å². The normalized spacial score (nSPS) is 18.1. The summed E-state index contributed by atoms with van der Waals surface area (Å²) in [4.78, 5) is 0. The minimum Gasteiger partial charge on any atom is -0.330 e. The van der Waals surface area contributed by atoms with Gasteiger partial charge in [-0.15, -0.1) is 0 Å². The maximum atomic E-state index is 13.4. The third-order valence-corrected chi connectivity index (χ3v) is 5.20. The molecule has 1 aliphatic rings. The third-order valence-electron chi connectivity index (χ3n) is 3.67. The van der Waals surface area contributed by atoms with Gasteiger partial charge in [0.2, 0.25) is 0 Å². The van der Waals surface area contributed by atoms with Gasteiger partial charge < -0.3 is 5.73 Å². The predicted molar refractivity (Wildman–Crippen MR) is 77.0 cm³/mol. The number of piperidine rings is 1. The molecule has 0 atom stereocenters. The summed E-state index contributed by atoms with van der Waals surface area (Å²) >= 11 is 0. The first-order chi connectivity index (χ1) is 9.42. The van der Waals surface area contributed by atoms with E-state index >= 15 is 0 Å². The fourth-order valence-corrected chi connectivity index (χ4v) is 3.50. The Morgan fingerprint density at radius 2 is 2.05 bits per heavy atom. The smallest absolute Gasteiger partial charge is 0.301 e. The Labute approximate surface area is 119 Å². The molecule has 0 radical (unpaired) electrons. The lowest BCUT2D eigenvalue weighted by atomic mass is 9.99. The lowest BCUT2D eigenvalue weighted by Gasteiger charge is -2.30. The number of nitrogens with one attached hydrogen (secondary N) is 1. The SMILES string of the molecule is Cc1ccc(NS(=O)(=O)N2CCC(CN)CC2)cc1F. The molecule has 0 amide bonds. The number of nitrogens with zero attached hydrogens (tertiary/aromatic N) is 1. The van der Waals surface area contributed by atoms with Crippen LogP contribution in [0.2, 0.25) is 0 Å². The van der Waals surface area contributed by atoms with Crippen LogP contribution in [-0.2, 0) is 10.2 Å². The van der Waals surface area contributed by atoms with Gasteiger partial charge in [0, 0.05) is 13.1 Å². The van der Waals surface area contributed by atoms with E-state index in [9.17, 15) is 12.8 Å². The topological polar surface area (TPSA) is 75.4 Å². The van der Waals surface area contributed by atoms with Gasteiger partial charge in [-0.1, -0.05) is 6.07 Å². The van der Waals surface area contributed by atoms with Crippen molar-refractivity contribution >= 4 is 15.9 Å². The van der Waals surface area contributed by atoms with Crippen LogP contribution in [0.25, 0.3) is 0 Å². The standard InChI is InChI=1S/C13H20FN3O2S/c1-10-2-3-12(8-13(10)14)16-20(18,19)17-6-4-11(9-15)5-7-17/h2-3,8,11,16H,4-7,9,15H2,1H3. The summed E-state index contributed by atoms with van der Waals surface area (Å²) in [6.07, 6.45) is 1.53. The highest BCUT2D eigenvalue weighted by Crippen LogP contribution is 2.21. The Balaban J connectivity index is 2.05. The number of hydrogen-bond acceptors (Lipinski definition) is 3. The van der Waals surface area contributed by atoms with Crippen molar-refractivity contribution in [3.63, 3.8) is 0 Å². The molecule has 0 aromatic heterocycles. The molecule has 1 heterocycles. The van der Waals surface area contributed by atoms with Crippen molar-refractivity contribution in [2.75, 3.05) is 24.4 Å². The van der Waals surface area contributed by atoms with Gasteiger partial charge in [0.25, 0.3) is 0 Å². The molecule has 1 aromatic carbocycles. The highest BCUT2D eigenvalue weighted by atomic mass is 32.2. The number of nitrogens with two attached hydrogens (primary N) is 1. The lowest BCUT2D eigenvalue weighted by Crippen LogP contribution is -2.42. The maximum absolute atomic E-state index is 13.4. The van der Waals surface area contributed by atoms with Crippen molar-refractivity contribution in [1.29, 1.82) is 0 Å². The van der Waals surface area contributed by atoms with Gasteiger partial charge in [0.1, 0.15) is 5.82 Å². The minimum absolute atomic E-state index is 0.244. The van der Waals surface area contributed by atoms with Crippen LogP contribution in [0.1, 0.15) is 18.4 Å². The van der Waals surface area contributed by atoms with Crippen molar-refractivity contribution < 1.29 is 12.8 Å². The molecule has 1 aromatic rings. The molecular weight excluding hydrogens is 281 g/mol. The molecule has 7 heteroatoms. The van der Waals surface area contributed by atoms with Gasteiger partial charge in [-0.25, -0.2) is 4.39 Å². The molecule has 2 rings (SSSR count). The molecule has 20 heavy (non-hydrogen) atoms. The number of anilines is 1. The number of rotatable bonds is 4. The van der Waals surface area contributed by atoms with Gasteiger partial charge in [0.15, 0.2) is 0 Å². The van der Waals surface area contributed by atoms with E-state index in [0.29, 0.717) is 31.1 Å². The Bertz CT molecular complexity index is 569. The van der Waals surface area contributed by atoms with E-state index < -0.39 is 16.0 Å². The zero-order chi connectivity index (χ0) is 14.8. The summed E-state index contributed by atoms with van der Waals surface area (Å²) in [7, 11) is -3.62. The Kier molecular flexibility index (Phi) is 4.62.